The van der Waals surface area contributed by atoms with Crippen LogP contribution in [0.3, 0.4) is 0 Å². The van der Waals surface area contributed by atoms with E-state index in [0.717, 1.165) is 0 Å². The van der Waals surface area contributed by atoms with Gasteiger partial charge in [-0.05, 0) is 43.2 Å². The Kier molecular flexibility index (Phi) is 5.14. The van der Waals surface area contributed by atoms with Crippen molar-refractivity contribution in [2.45, 2.75) is 17.7 Å². The lowest BCUT2D eigenvalue weighted by Gasteiger charge is -2.31. The Balaban J connectivity index is 1.30. The molecule has 0 unspecified atom stereocenters. The minimum Gasteiger partial charge on any atom is -0.482 e. The number of nitrogens with one attached hydrogen (secondary N) is 2. The topological polar surface area (TPSA) is 123 Å². The van der Waals surface area contributed by atoms with Gasteiger partial charge in [0.15, 0.2) is 18.1 Å². The van der Waals surface area contributed by atoms with E-state index in [0.29, 0.717) is 48.0 Å². The van der Waals surface area contributed by atoms with Gasteiger partial charge in [0.25, 0.3) is 5.91 Å². The lowest BCUT2D eigenvalue weighted by atomic mass is 9.98. The normalized spacial score (nSPS) is 20.1. The van der Waals surface area contributed by atoms with Crippen LogP contribution in [0.15, 0.2) is 41.3 Å². The molecule has 3 aliphatic heterocycles. The number of rotatable bonds is 4. The molecule has 0 aliphatic carbocycles. The first kappa shape index (κ1) is 20.6. The van der Waals surface area contributed by atoms with Gasteiger partial charge < -0.3 is 24.8 Å². The minimum absolute atomic E-state index is 0.0406. The average molecular weight is 459 g/mol. The molecule has 0 saturated carbocycles. The Morgan fingerprint density at radius 3 is 2.75 bits per heavy atom. The van der Waals surface area contributed by atoms with Gasteiger partial charge in [0.1, 0.15) is 5.75 Å². The second kappa shape index (κ2) is 7.99. The van der Waals surface area contributed by atoms with Crippen molar-refractivity contribution in [2.75, 3.05) is 37.1 Å². The third-order valence-corrected chi connectivity index (χ3v) is 7.48. The number of carbonyl (C=O) groups excluding carboxylic acids is 2. The lowest BCUT2D eigenvalue weighted by Crippen LogP contribution is -2.43. The van der Waals surface area contributed by atoms with E-state index >= 15 is 0 Å². The van der Waals surface area contributed by atoms with E-state index < -0.39 is 15.9 Å². The predicted molar refractivity (Wildman–Crippen MR) is 113 cm³/mol. The van der Waals surface area contributed by atoms with E-state index in [2.05, 4.69) is 10.6 Å². The maximum Gasteiger partial charge on any atom is 0.262 e. The predicted octanol–water partition coefficient (Wildman–Crippen LogP) is 1.79. The Morgan fingerprint density at radius 2 is 1.88 bits per heavy atom. The third kappa shape index (κ3) is 3.84. The first-order valence-corrected chi connectivity index (χ1v) is 11.6. The maximum absolute atomic E-state index is 13.2. The molecule has 0 radical (unpaired) electrons. The summed E-state index contributed by atoms with van der Waals surface area (Å²) in [5.74, 6) is 0.497. The molecule has 11 heteroatoms. The van der Waals surface area contributed by atoms with Crippen LogP contribution in [-0.4, -0.2) is 51.0 Å². The van der Waals surface area contributed by atoms with Crippen molar-refractivity contribution < 1.29 is 32.2 Å². The molecule has 0 aromatic heterocycles. The molecule has 3 aliphatic rings. The van der Waals surface area contributed by atoms with Crippen LogP contribution in [0, 0.1) is 5.92 Å². The molecular weight excluding hydrogens is 438 g/mol. The summed E-state index contributed by atoms with van der Waals surface area (Å²) in [6, 6.07) is 9.47. The zero-order valence-electron chi connectivity index (χ0n) is 17.0. The SMILES string of the molecule is O=C1COc2ccc(S(=O)(=O)N3CCC[C@H](C(=O)Nc4ccc5c(c4)OCO5)C3)cc2N1. The molecule has 2 aromatic rings. The van der Waals surface area contributed by atoms with Crippen molar-refractivity contribution in [1.29, 1.82) is 0 Å². The van der Waals surface area contributed by atoms with Gasteiger partial charge in [-0.2, -0.15) is 4.31 Å². The molecule has 32 heavy (non-hydrogen) atoms. The van der Waals surface area contributed by atoms with Crippen molar-refractivity contribution in [1.82, 2.24) is 4.31 Å². The van der Waals surface area contributed by atoms with E-state index in [1.54, 1.807) is 18.2 Å². The number of hydrogen-bond acceptors (Lipinski definition) is 7. The molecule has 0 spiro atoms. The van der Waals surface area contributed by atoms with Crippen LogP contribution in [0.25, 0.3) is 0 Å². The highest BCUT2D eigenvalue weighted by Gasteiger charge is 2.34. The second-order valence-corrected chi connectivity index (χ2v) is 9.69. The standard InChI is InChI=1S/C21H21N3O7S/c25-20-11-29-17-6-4-15(9-16(17)23-20)32(27,28)24-7-1-2-13(10-24)21(26)22-14-3-5-18-19(8-14)31-12-30-18/h3-6,8-9,13H,1-2,7,10-12H2,(H,22,26)(H,23,25)/t13-/m0/s1. The van der Waals surface area contributed by atoms with Crippen molar-refractivity contribution in [3.8, 4) is 17.2 Å². The zero-order chi connectivity index (χ0) is 22.3. The summed E-state index contributed by atoms with van der Waals surface area (Å²) in [5, 5.41) is 5.46. The summed E-state index contributed by atoms with van der Waals surface area (Å²) in [4.78, 5) is 24.4. The van der Waals surface area contributed by atoms with Crippen molar-refractivity contribution in [3.63, 3.8) is 0 Å². The molecular formula is C21H21N3O7S. The quantitative estimate of drug-likeness (QED) is 0.714. The fourth-order valence-electron chi connectivity index (χ4n) is 3.97. The summed E-state index contributed by atoms with van der Waals surface area (Å²) >= 11 is 0. The lowest BCUT2D eigenvalue weighted by molar-refractivity contribution is -0.121. The fraction of sp³-hybridized carbons (Fsp3) is 0.333. The smallest absolute Gasteiger partial charge is 0.262 e. The molecule has 3 heterocycles. The van der Waals surface area contributed by atoms with E-state index in [1.807, 2.05) is 0 Å². The second-order valence-electron chi connectivity index (χ2n) is 7.75. The number of carbonyl (C=O) groups is 2. The fourth-order valence-corrected chi connectivity index (χ4v) is 5.52. The molecule has 10 nitrogen and oxygen atoms in total. The van der Waals surface area contributed by atoms with Gasteiger partial charge in [0.2, 0.25) is 22.7 Å². The highest BCUT2D eigenvalue weighted by molar-refractivity contribution is 7.89. The molecule has 1 saturated heterocycles. The number of anilines is 2. The number of piperidine rings is 1. The van der Waals surface area contributed by atoms with Gasteiger partial charge in [-0.1, -0.05) is 0 Å². The Hall–Kier alpha value is -3.31. The van der Waals surface area contributed by atoms with Gasteiger partial charge in [-0.25, -0.2) is 8.42 Å². The van der Waals surface area contributed by atoms with Gasteiger partial charge in [0.05, 0.1) is 16.5 Å². The van der Waals surface area contributed by atoms with Crippen LogP contribution in [0.4, 0.5) is 11.4 Å². The van der Waals surface area contributed by atoms with Gasteiger partial charge >= 0.3 is 0 Å². The van der Waals surface area contributed by atoms with Crippen LogP contribution in [0.2, 0.25) is 0 Å². The maximum atomic E-state index is 13.2. The van der Waals surface area contributed by atoms with Gasteiger partial charge in [-0.15, -0.1) is 0 Å². The Bertz CT molecular complexity index is 1200. The number of hydrogen-bond donors (Lipinski definition) is 2. The number of ether oxygens (including phenoxy) is 3. The molecule has 1 atom stereocenters. The average Bonchev–Trinajstić information content (AvgIpc) is 3.26. The number of fused-ring (bicyclic) bond motifs is 2. The van der Waals surface area contributed by atoms with E-state index in [9.17, 15) is 18.0 Å². The highest BCUT2D eigenvalue weighted by Crippen LogP contribution is 2.35. The van der Waals surface area contributed by atoms with E-state index in [1.165, 1.54) is 22.5 Å². The van der Waals surface area contributed by atoms with Crippen molar-refractivity contribution in [2.24, 2.45) is 5.92 Å². The number of nitrogens with zero attached hydrogens (tertiary/aromatic N) is 1. The summed E-state index contributed by atoms with van der Waals surface area (Å²) in [7, 11) is -3.85. The summed E-state index contributed by atoms with van der Waals surface area (Å²) in [6.45, 7) is 0.417. The van der Waals surface area contributed by atoms with Gasteiger partial charge in [0, 0.05) is 24.8 Å². The number of sulfonamides is 1. The molecule has 1 fully saturated rings. The Labute approximate surface area is 184 Å². The molecule has 5 rings (SSSR count). The van der Waals surface area contributed by atoms with Crippen LogP contribution in [0.1, 0.15) is 12.8 Å². The largest absolute Gasteiger partial charge is 0.482 e. The van der Waals surface area contributed by atoms with Crippen molar-refractivity contribution >= 4 is 33.2 Å². The molecule has 0 bridgehead atoms. The van der Waals surface area contributed by atoms with Crippen LogP contribution >= 0.6 is 0 Å². The monoisotopic (exact) mass is 459 g/mol. The van der Waals surface area contributed by atoms with Crippen LogP contribution in [0.5, 0.6) is 17.2 Å². The number of amides is 2. The first-order chi connectivity index (χ1) is 15.4. The van der Waals surface area contributed by atoms with Crippen LogP contribution < -0.4 is 24.8 Å². The van der Waals surface area contributed by atoms with E-state index in [4.69, 9.17) is 14.2 Å². The molecule has 2 N–H and O–H groups in total. The Morgan fingerprint density at radius 1 is 1.06 bits per heavy atom. The summed E-state index contributed by atoms with van der Waals surface area (Å²) in [5.41, 5.74) is 0.876. The third-order valence-electron chi connectivity index (χ3n) is 5.62. The molecule has 2 amide bonds. The summed E-state index contributed by atoms with van der Waals surface area (Å²) in [6.07, 6.45) is 1.14. The van der Waals surface area contributed by atoms with Crippen LogP contribution in [-0.2, 0) is 19.6 Å². The first-order valence-electron chi connectivity index (χ1n) is 10.2. The zero-order valence-corrected chi connectivity index (χ0v) is 17.8. The highest BCUT2D eigenvalue weighted by atomic mass is 32.2. The molecule has 168 valence electrons. The van der Waals surface area contributed by atoms with E-state index in [-0.39, 0.29) is 36.7 Å². The number of benzene rings is 2. The molecule has 2 aromatic carbocycles. The minimum atomic E-state index is -3.85. The van der Waals surface area contributed by atoms with Gasteiger partial charge in [-0.3, -0.25) is 9.59 Å². The summed E-state index contributed by atoms with van der Waals surface area (Å²) < 4.78 is 43.6. The van der Waals surface area contributed by atoms with Crippen molar-refractivity contribution in [3.05, 3.63) is 36.4 Å².